The highest BCUT2D eigenvalue weighted by atomic mass is 32.2. The van der Waals surface area contributed by atoms with Gasteiger partial charge in [-0.2, -0.15) is 21.6 Å². The maximum Gasteiger partial charge on any atom is 0.416 e. The lowest BCUT2D eigenvalue weighted by atomic mass is 10.2. The molecule has 2 aromatic rings. The summed E-state index contributed by atoms with van der Waals surface area (Å²) in [4.78, 5) is 11.4. The number of anilines is 2. The second kappa shape index (κ2) is 6.49. The van der Waals surface area contributed by atoms with Gasteiger partial charge in [-0.1, -0.05) is 6.07 Å². The van der Waals surface area contributed by atoms with Gasteiger partial charge in [0.15, 0.2) is 0 Å². The molecular weight excluding hydrogens is 349 g/mol. The number of alkyl halides is 3. The van der Waals surface area contributed by atoms with Gasteiger partial charge in [-0.25, -0.2) is 4.79 Å². The van der Waals surface area contributed by atoms with E-state index in [0.29, 0.717) is 0 Å². The molecule has 3 N–H and O–H groups in total. The van der Waals surface area contributed by atoms with Crippen LogP contribution < -0.4 is 10.6 Å². The maximum atomic E-state index is 12.4. The average molecular weight is 360 g/mol. The van der Waals surface area contributed by atoms with Gasteiger partial charge in [0, 0.05) is 11.4 Å². The minimum atomic E-state index is -4.48. The third-order valence-corrected chi connectivity index (χ3v) is 3.71. The molecule has 10 heteroatoms. The second-order valence-corrected chi connectivity index (χ2v) is 6.08. The highest BCUT2D eigenvalue weighted by Gasteiger charge is 2.29. The first-order valence-electron chi connectivity index (χ1n) is 6.38. The van der Waals surface area contributed by atoms with E-state index in [1.165, 1.54) is 12.1 Å². The van der Waals surface area contributed by atoms with Gasteiger partial charge in [-0.05, 0) is 42.5 Å². The molecule has 0 aliphatic carbocycles. The van der Waals surface area contributed by atoms with Gasteiger partial charge in [-0.3, -0.25) is 4.55 Å². The fourth-order valence-corrected chi connectivity index (χ4v) is 2.30. The molecule has 0 spiro atoms. The number of benzene rings is 2. The van der Waals surface area contributed by atoms with Crippen LogP contribution in [0.1, 0.15) is 5.56 Å². The van der Waals surface area contributed by atoms with Crippen LogP contribution in [0.5, 0.6) is 0 Å². The van der Waals surface area contributed by atoms with Crippen molar-refractivity contribution in [2.45, 2.75) is 11.1 Å². The SMILES string of the molecule is O=C(Nc1ccc(C(F)(F)F)cc1)Nc1cccc(S(=O)(=O)O)c1. The molecule has 0 unspecified atom stereocenters. The highest BCUT2D eigenvalue weighted by molar-refractivity contribution is 7.85. The molecule has 2 amide bonds. The van der Waals surface area contributed by atoms with Crippen LogP contribution in [0.15, 0.2) is 53.4 Å². The number of urea groups is 1. The molecule has 0 radical (unpaired) electrons. The van der Waals surface area contributed by atoms with Crippen LogP contribution in [-0.2, 0) is 16.3 Å². The quantitative estimate of drug-likeness (QED) is 0.729. The molecule has 0 fully saturated rings. The highest BCUT2D eigenvalue weighted by Crippen LogP contribution is 2.29. The fraction of sp³-hybridized carbons (Fsp3) is 0.0714. The summed E-state index contributed by atoms with van der Waals surface area (Å²) < 4.78 is 68.3. The Balaban J connectivity index is 2.06. The normalized spacial score (nSPS) is 11.8. The molecule has 24 heavy (non-hydrogen) atoms. The van der Waals surface area contributed by atoms with Crippen molar-refractivity contribution in [2.75, 3.05) is 10.6 Å². The van der Waals surface area contributed by atoms with E-state index < -0.39 is 32.8 Å². The smallest absolute Gasteiger partial charge is 0.308 e. The molecule has 0 aliphatic heterocycles. The number of nitrogens with one attached hydrogen (secondary N) is 2. The van der Waals surface area contributed by atoms with E-state index in [0.717, 1.165) is 36.4 Å². The van der Waals surface area contributed by atoms with Crippen LogP contribution in [-0.4, -0.2) is 19.0 Å². The first kappa shape index (κ1) is 17.8. The van der Waals surface area contributed by atoms with Crippen molar-refractivity contribution >= 4 is 27.5 Å². The van der Waals surface area contributed by atoms with Gasteiger partial charge >= 0.3 is 12.2 Å². The van der Waals surface area contributed by atoms with Gasteiger partial charge in [0.2, 0.25) is 0 Å². The van der Waals surface area contributed by atoms with E-state index in [4.69, 9.17) is 4.55 Å². The maximum absolute atomic E-state index is 12.4. The molecule has 0 bridgehead atoms. The molecule has 0 atom stereocenters. The Morgan fingerprint density at radius 2 is 1.54 bits per heavy atom. The monoisotopic (exact) mass is 360 g/mol. The van der Waals surface area contributed by atoms with E-state index in [1.807, 2.05) is 0 Å². The number of halogens is 3. The lowest BCUT2D eigenvalue weighted by Crippen LogP contribution is -2.19. The zero-order chi connectivity index (χ0) is 18.0. The summed E-state index contributed by atoms with van der Waals surface area (Å²) in [5, 5.41) is 4.60. The number of rotatable bonds is 3. The number of amides is 2. The molecule has 2 rings (SSSR count). The van der Waals surface area contributed by atoms with Gasteiger partial charge in [0.25, 0.3) is 10.1 Å². The van der Waals surface area contributed by atoms with Crippen LogP contribution in [0.2, 0.25) is 0 Å². The molecule has 128 valence electrons. The summed E-state index contributed by atoms with van der Waals surface area (Å²) in [6.07, 6.45) is -4.48. The fourth-order valence-electron chi connectivity index (χ4n) is 1.77. The predicted octanol–water partition coefficient (Wildman–Crippen LogP) is 3.60. The Morgan fingerprint density at radius 1 is 0.958 bits per heavy atom. The van der Waals surface area contributed by atoms with Crippen molar-refractivity contribution in [3.05, 3.63) is 54.1 Å². The van der Waals surface area contributed by atoms with Crippen molar-refractivity contribution in [2.24, 2.45) is 0 Å². The molecule has 0 aliphatic rings. The lowest BCUT2D eigenvalue weighted by molar-refractivity contribution is -0.137. The molecule has 2 aromatic carbocycles. The van der Waals surface area contributed by atoms with Crippen LogP contribution >= 0.6 is 0 Å². The van der Waals surface area contributed by atoms with E-state index in [9.17, 15) is 26.4 Å². The molecule has 0 heterocycles. The molecule has 0 saturated carbocycles. The Kier molecular flexibility index (Phi) is 4.81. The minimum absolute atomic E-state index is 0.0783. The van der Waals surface area contributed by atoms with E-state index in [1.54, 1.807) is 0 Å². The molecule has 0 saturated heterocycles. The summed E-state index contributed by atoms with van der Waals surface area (Å²) >= 11 is 0. The second-order valence-electron chi connectivity index (χ2n) is 4.66. The van der Waals surface area contributed by atoms with E-state index in [2.05, 4.69) is 10.6 Å². The largest absolute Gasteiger partial charge is 0.416 e. The van der Waals surface area contributed by atoms with Crippen molar-refractivity contribution in [1.82, 2.24) is 0 Å². The molecule has 0 aromatic heterocycles. The molecular formula is C14H11F3N2O4S. The van der Waals surface area contributed by atoms with Crippen molar-refractivity contribution in [3.8, 4) is 0 Å². The zero-order valence-electron chi connectivity index (χ0n) is 11.8. The van der Waals surface area contributed by atoms with Crippen molar-refractivity contribution in [1.29, 1.82) is 0 Å². The topological polar surface area (TPSA) is 95.5 Å². The summed E-state index contributed by atoms with van der Waals surface area (Å²) in [6.45, 7) is 0. The van der Waals surface area contributed by atoms with Gasteiger partial charge in [-0.15, -0.1) is 0 Å². The predicted molar refractivity (Wildman–Crippen MR) is 80.3 cm³/mol. The Labute approximate surface area is 135 Å². The van der Waals surface area contributed by atoms with Crippen LogP contribution in [0.3, 0.4) is 0 Å². The zero-order valence-corrected chi connectivity index (χ0v) is 12.6. The average Bonchev–Trinajstić information content (AvgIpc) is 2.46. The van der Waals surface area contributed by atoms with Crippen LogP contribution in [0, 0.1) is 0 Å². The van der Waals surface area contributed by atoms with Crippen molar-refractivity contribution in [3.63, 3.8) is 0 Å². The summed E-state index contributed by atoms with van der Waals surface area (Å²) in [7, 11) is -4.42. The first-order valence-corrected chi connectivity index (χ1v) is 7.82. The summed E-state index contributed by atoms with van der Waals surface area (Å²) in [5.41, 5.74) is -0.657. The number of carbonyl (C=O) groups excluding carboxylic acids is 1. The Morgan fingerprint density at radius 3 is 2.08 bits per heavy atom. The Bertz CT molecular complexity index is 849. The first-order chi connectivity index (χ1) is 11.1. The van der Waals surface area contributed by atoms with Crippen LogP contribution in [0.4, 0.5) is 29.3 Å². The van der Waals surface area contributed by atoms with Crippen LogP contribution in [0.25, 0.3) is 0 Å². The van der Waals surface area contributed by atoms with Gasteiger partial charge < -0.3 is 10.6 Å². The summed E-state index contributed by atoms with van der Waals surface area (Å²) in [5.74, 6) is 0. The van der Waals surface area contributed by atoms with E-state index in [-0.39, 0.29) is 11.4 Å². The number of carbonyl (C=O) groups is 1. The van der Waals surface area contributed by atoms with Gasteiger partial charge in [0.1, 0.15) is 0 Å². The minimum Gasteiger partial charge on any atom is -0.308 e. The molecule has 6 nitrogen and oxygen atoms in total. The number of hydrogen-bond acceptors (Lipinski definition) is 3. The Hall–Kier alpha value is -2.59. The third kappa shape index (κ3) is 4.70. The standard InChI is InChI=1S/C14H11F3N2O4S/c15-14(16,17)9-4-6-10(7-5-9)18-13(20)19-11-2-1-3-12(8-11)24(21,22)23/h1-8H,(H2,18,19,20)(H,21,22,23). The summed E-state index contributed by atoms with van der Waals surface area (Å²) in [6, 6.07) is 7.84. The van der Waals surface area contributed by atoms with E-state index >= 15 is 0 Å². The van der Waals surface area contributed by atoms with Crippen molar-refractivity contribution < 1.29 is 30.9 Å². The number of hydrogen-bond donors (Lipinski definition) is 3. The lowest BCUT2D eigenvalue weighted by Gasteiger charge is -2.10. The van der Waals surface area contributed by atoms with Gasteiger partial charge in [0.05, 0.1) is 10.5 Å². The third-order valence-electron chi connectivity index (χ3n) is 2.86.